The topological polar surface area (TPSA) is 135 Å². The molecule has 2 aromatic heterocycles. The number of hydrogen-bond acceptors (Lipinski definition) is 10. The molecule has 1 saturated heterocycles. The minimum Gasteiger partial charge on any atom is -0.477 e. The highest BCUT2D eigenvalue weighted by Gasteiger charge is 2.54. The van der Waals surface area contributed by atoms with E-state index in [0.29, 0.717) is 10.5 Å². The highest BCUT2D eigenvalue weighted by molar-refractivity contribution is 8.00. The predicted octanol–water partition coefficient (Wildman–Crippen LogP) is 2.03. The van der Waals surface area contributed by atoms with Crippen LogP contribution >= 0.6 is 34.4 Å². The molecular weight excluding hydrogens is 502 g/mol. The van der Waals surface area contributed by atoms with Gasteiger partial charge in [-0.25, -0.2) is 4.79 Å². The molecule has 0 radical (unpaired) electrons. The molecule has 0 saturated carbocycles. The molecule has 1 fully saturated rings. The largest absolute Gasteiger partial charge is 0.477 e. The summed E-state index contributed by atoms with van der Waals surface area (Å²) >= 11 is 4.08. The quantitative estimate of drug-likeness (QED) is 0.222. The third-order valence-corrected chi connectivity index (χ3v) is 7.96. The molecule has 0 aromatic carbocycles. The van der Waals surface area contributed by atoms with Gasteiger partial charge < -0.3 is 20.0 Å². The van der Waals surface area contributed by atoms with E-state index in [9.17, 15) is 24.3 Å². The Morgan fingerprint density at radius 1 is 1.21 bits per heavy atom. The van der Waals surface area contributed by atoms with Crippen LogP contribution in [0, 0.1) is 0 Å². The summed E-state index contributed by atoms with van der Waals surface area (Å²) < 4.78 is 4.92. The van der Waals surface area contributed by atoms with Crippen molar-refractivity contribution in [1.82, 2.24) is 10.2 Å². The lowest BCUT2D eigenvalue weighted by molar-refractivity contribution is -0.150. The van der Waals surface area contributed by atoms with E-state index >= 15 is 0 Å². The van der Waals surface area contributed by atoms with Crippen LogP contribution in [0.1, 0.15) is 16.7 Å². The Hall–Kier alpha value is -3.16. The SMILES string of the molecule is CC(=O)OCC1=C(C(=O)O)N2C(=O)[C@@H](NC(=O)C(=NOCc3cccs3)c3cccs3)[C@H]2SC1. The summed E-state index contributed by atoms with van der Waals surface area (Å²) in [4.78, 5) is 56.8. The zero-order chi connectivity index (χ0) is 24.2. The fraction of sp³-hybridized carbons (Fsp3) is 0.286. The van der Waals surface area contributed by atoms with Crippen molar-refractivity contribution in [2.75, 3.05) is 12.4 Å². The molecule has 2 N–H and O–H groups in total. The number of hydrogen-bond donors (Lipinski definition) is 2. The van der Waals surface area contributed by atoms with Gasteiger partial charge in [0.05, 0.1) is 4.88 Å². The maximum atomic E-state index is 13.0. The van der Waals surface area contributed by atoms with E-state index < -0.39 is 35.2 Å². The van der Waals surface area contributed by atoms with Crippen molar-refractivity contribution in [2.24, 2.45) is 5.16 Å². The molecule has 0 unspecified atom stereocenters. The summed E-state index contributed by atoms with van der Waals surface area (Å²) in [6.07, 6.45) is 0. The van der Waals surface area contributed by atoms with Crippen molar-refractivity contribution < 1.29 is 33.9 Å². The van der Waals surface area contributed by atoms with Gasteiger partial charge in [-0.3, -0.25) is 19.3 Å². The van der Waals surface area contributed by atoms with Crippen LogP contribution in [0.4, 0.5) is 0 Å². The van der Waals surface area contributed by atoms with E-state index in [4.69, 9.17) is 9.57 Å². The van der Waals surface area contributed by atoms with Gasteiger partial charge in [-0.2, -0.15) is 0 Å². The number of nitrogens with zero attached hydrogens (tertiary/aromatic N) is 2. The smallest absolute Gasteiger partial charge is 0.352 e. The first-order valence-electron chi connectivity index (χ1n) is 9.97. The Kier molecular flexibility index (Phi) is 7.34. The van der Waals surface area contributed by atoms with Crippen molar-refractivity contribution in [3.8, 4) is 0 Å². The molecule has 2 aliphatic rings. The maximum absolute atomic E-state index is 13.0. The number of nitrogens with one attached hydrogen (secondary N) is 1. The monoisotopic (exact) mass is 521 g/mol. The fourth-order valence-corrected chi connectivity index (χ4v) is 6.00. The number of amides is 2. The zero-order valence-electron chi connectivity index (χ0n) is 17.8. The van der Waals surface area contributed by atoms with Crippen LogP contribution in [0.3, 0.4) is 0 Å². The summed E-state index contributed by atoms with van der Waals surface area (Å²) in [6.45, 7) is 1.21. The van der Waals surface area contributed by atoms with Crippen LogP contribution in [0.5, 0.6) is 0 Å². The lowest BCUT2D eigenvalue weighted by Crippen LogP contribution is -2.71. The Morgan fingerprint density at radius 3 is 2.62 bits per heavy atom. The average molecular weight is 522 g/mol. The minimum atomic E-state index is -1.30. The van der Waals surface area contributed by atoms with Gasteiger partial charge >= 0.3 is 11.9 Å². The normalized spacial score (nSPS) is 19.9. The molecule has 4 heterocycles. The first kappa shape index (κ1) is 24.0. The average Bonchev–Trinajstić information content (AvgIpc) is 3.52. The summed E-state index contributed by atoms with van der Waals surface area (Å²) in [7, 11) is 0. The Morgan fingerprint density at radius 2 is 1.97 bits per heavy atom. The van der Waals surface area contributed by atoms with E-state index in [1.807, 2.05) is 17.5 Å². The molecule has 2 amide bonds. The van der Waals surface area contributed by atoms with Crippen LogP contribution in [0.15, 0.2) is 51.5 Å². The molecule has 2 atom stereocenters. The van der Waals surface area contributed by atoms with Gasteiger partial charge in [-0.1, -0.05) is 17.3 Å². The summed E-state index contributed by atoms with van der Waals surface area (Å²) in [6, 6.07) is 6.33. The third kappa shape index (κ3) is 5.00. The second-order valence-corrected chi connectivity index (χ2v) is 10.3. The molecule has 4 rings (SSSR count). The van der Waals surface area contributed by atoms with Gasteiger partial charge in [0.1, 0.15) is 23.7 Å². The van der Waals surface area contributed by atoms with Crippen LogP contribution in [0.25, 0.3) is 0 Å². The summed E-state index contributed by atoms with van der Waals surface area (Å²) in [5.74, 6) is -2.77. The number of fused-ring (bicyclic) bond motifs is 1. The number of thioether (sulfide) groups is 1. The van der Waals surface area contributed by atoms with Crippen molar-refractivity contribution in [2.45, 2.75) is 24.9 Å². The van der Waals surface area contributed by atoms with E-state index in [1.165, 1.54) is 41.4 Å². The molecule has 178 valence electrons. The first-order chi connectivity index (χ1) is 16.4. The third-order valence-electron chi connectivity index (χ3n) is 4.90. The molecular formula is C21H19N3O7S3. The molecule has 10 nitrogen and oxygen atoms in total. The summed E-state index contributed by atoms with van der Waals surface area (Å²) in [5.41, 5.74) is 0.139. The van der Waals surface area contributed by atoms with Crippen molar-refractivity contribution in [3.63, 3.8) is 0 Å². The number of aliphatic carboxylic acids is 1. The number of carboxylic acid groups (broad SMARTS) is 1. The molecule has 0 bridgehead atoms. The number of carbonyl (C=O) groups is 4. The Bertz CT molecular complexity index is 1160. The molecule has 2 aliphatic heterocycles. The fourth-order valence-electron chi connectivity index (χ4n) is 3.36. The second kappa shape index (κ2) is 10.4. The van der Waals surface area contributed by atoms with Crippen LogP contribution in [-0.4, -0.2) is 63.2 Å². The van der Waals surface area contributed by atoms with Gasteiger partial charge in [0, 0.05) is 23.1 Å². The number of carboxylic acids is 1. The minimum absolute atomic E-state index is 0.0307. The Labute approximate surface area is 206 Å². The predicted molar refractivity (Wildman–Crippen MR) is 126 cm³/mol. The number of β-lactam (4-membered cyclic amide) rings is 1. The van der Waals surface area contributed by atoms with Gasteiger partial charge in [0.25, 0.3) is 11.8 Å². The first-order valence-corrected chi connectivity index (χ1v) is 12.8. The van der Waals surface area contributed by atoms with E-state index in [0.717, 1.165) is 9.78 Å². The van der Waals surface area contributed by atoms with Crippen LogP contribution in [-0.2, 0) is 35.4 Å². The van der Waals surface area contributed by atoms with Crippen molar-refractivity contribution in [3.05, 3.63) is 56.1 Å². The van der Waals surface area contributed by atoms with Crippen molar-refractivity contribution >= 4 is 63.9 Å². The van der Waals surface area contributed by atoms with Gasteiger partial charge in [-0.05, 0) is 22.9 Å². The van der Waals surface area contributed by atoms with Gasteiger partial charge in [0.2, 0.25) is 0 Å². The summed E-state index contributed by atoms with van der Waals surface area (Å²) in [5, 5.41) is 19.4. The number of esters is 1. The van der Waals surface area contributed by atoms with Gasteiger partial charge in [0.15, 0.2) is 12.3 Å². The lowest BCUT2D eigenvalue weighted by atomic mass is 10.0. The van der Waals surface area contributed by atoms with E-state index in [1.54, 1.807) is 17.5 Å². The maximum Gasteiger partial charge on any atom is 0.352 e. The highest BCUT2D eigenvalue weighted by Crippen LogP contribution is 2.40. The van der Waals surface area contributed by atoms with E-state index in [-0.39, 0.29) is 30.4 Å². The lowest BCUT2D eigenvalue weighted by Gasteiger charge is -2.49. The highest BCUT2D eigenvalue weighted by atomic mass is 32.2. The number of thiophene rings is 2. The zero-order valence-corrected chi connectivity index (χ0v) is 20.2. The van der Waals surface area contributed by atoms with Crippen LogP contribution in [0.2, 0.25) is 0 Å². The van der Waals surface area contributed by atoms with Crippen molar-refractivity contribution in [1.29, 1.82) is 0 Å². The van der Waals surface area contributed by atoms with E-state index in [2.05, 4.69) is 10.5 Å². The number of oxime groups is 1. The molecule has 2 aromatic rings. The number of rotatable bonds is 9. The molecule has 13 heteroatoms. The standard InChI is InChI=1S/C21H19N3O7S3/c1-11(25)30-8-12-10-34-20-16(19(27)24(20)17(12)21(28)29)22-18(26)15(14-5-3-7-33-14)23-31-9-13-4-2-6-32-13/h2-7,16,20H,8-10H2,1H3,(H,22,26)(H,28,29)/t16-,20-/m1/s1. The number of ether oxygens (including phenoxy) is 1. The molecule has 0 aliphatic carbocycles. The molecule has 34 heavy (non-hydrogen) atoms. The van der Waals surface area contributed by atoms with Crippen LogP contribution < -0.4 is 5.32 Å². The number of carbonyl (C=O) groups excluding carboxylic acids is 3. The second-order valence-electron chi connectivity index (χ2n) is 7.17. The molecule has 0 spiro atoms. The Balaban J connectivity index is 1.48. The van der Waals surface area contributed by atoms with Gasteiger partial charge in [-0.15, -0.1) is 34.4 Å².